The molecule has 0 heterocycles. The van der Waals surface area contributed by atoms with Crippen LogP contribution in [0.15, 0.2) is 0 Å². The summed E-state index contributed by atoms with van der Waals surface area (Å²) in [6.45, 7) is 8.21. The van der Waals surface area contributed by atoms with Crippen molar-refractivity contribution in [3.8, 4) is 0 Å². The third-order valence-corrected chi connectivity index (χ3v) is 3.58. The monoisotopic (exact) mass is 197 g/mol. The smallest absolute Gasteiger partial charge is 0.00725 e. The first kappa shape index (κ1) is 12.0. The minimum absolute atomic E-state index is 0.851. The molecule has 1 rings (SSSR count). The van der Waals surface area contributed by atoms with Gasteiger partial charge in [0, 0.05) is 6.04 Å². The van der Waals surface area contributed by atoms with Crippen molar-refractivity contribution in [1.29, 1.82) is 0 Å². The van der Waals surface area contributed by atoms with E-state index in [0.717, 1.165) is 17.9 Å². The number of nitrogens with one attached hydrogen (secondary N) is 1. The van der Waals surface area contributed by atoms with Crippen LogP contribution < -0.4 is 5.32 Å². The lowest BCUT2D eigenvalue weighted by atomic mass is 9.74. The van der Waals surface area contributed by atoms with E-state index in [9.17, 15) is 0 Å². The molecule has 0 spiro atoms. The van der Waals surface area contributed by atoms with Gasteiger partial charge in [0.2, 0.25) is 0 Å². The normalized spacial score (nSPS) is 26.6. The average molecular weight is 197 g/mol. The maximum absolute atomic E-state index is 3.66. The molecule has 1 nitrogen and oxygen atoms in total. The summed E-state index contributed by atoms with van der Waals surface area (Å²) in [6, 6.07) is 0.851. The molecule has 0 bridgehead atoms. The molecular weight excluding hydrogens is 170 g/mol. The van der Waals surface area contributed by atoms with Gasteiger partial charge in [-0.3, -0.25) is 0 Å². The Bertz CT molecular complexity index is 136. The minimum atomic E-state index is 0.851. The van der Waals surface area contributed by atoms with Crippen LogP contribution >= 0.6 is 0 Å². The first-order valence-corrected chi connectivity index (χ1v) is 6.47. The second-order valence-electron chi connectivity index (χ2n) is 5.19. The summed E-state index contributed by atoms with van der Waals surface area (Å²) in [6.07, 6.45) is 8.37. The Hall–Kier alpha value is -0.0400. The molecule has 1 saturated carbocycles. The molecule has 14 heavy (non-hydrogen) atoms. The SMILES string of the molecule is CCCCCCNC1CC(C(C)C)C1. The Morgan fingerprint density at radius 1 is 1.14 bits per heavy atom. The van der Waals surface area contributed by atoms with Crippen molar-refractivity contribution in [2.24, 2.45) is 11.8 Å². The molecule has 0 radical (unpaired) electrons. The Labute approximate surface area is 89.7 Å². The quantitative estimate of drug-likeness (QED) is 0.615. The maximum Gasteiger partial charge on any atom is 0.00725 e. The zero-order valence-electron chi connectivity index (χ0n) is 10.2. The summed E-state index contributed by atoms with van der Waals surface area (Å²) in [4.78, 5) is 0. The van der Waals surface area contributed by atoms with Crippen molar-refractivity contribution in [1.82, 2.24) is 5.32 Å². The number of unbranched alkanes of at least 4 members (excludes halogenated alkanes) is 3. The van der Waals surface area contributed by atoms with Gasteiger partial charge < -0.3 is 5.32 Å². The lowest BCUT2D eigenvalue weighted by molar-refractivity contribution is 0.168. The molecule has 0 aromatic rings. The Morgan fingerprint density at radius 2 is 1.86 bits per heavy atom. The van der Waals surface area contributed by atoms with E-state index in [2.05, 4.69) is 26.1 Å². The van der Waals surface area contributed by atoms with Crippen LogP contribution in [0.5, 0.6) is 0 Å². The van der Waals surface area contributed by atoms with Gasteiger partial charge in [0.1, 0.15) is 0 Å². The van der Waals surface area contributed by atoms with Gasteiger partial charge >= 0.3 is 0 Å². The highest BCUT2D eigenvalue weighted by Crippen LogP contribution is 2.33. The summed E-state index contributed by atoms with van der Waals surface area (Å²) in [7, 11) is 0. The fourth-order valence-corrected chi connectivity index (χ4v) is 2.23. The molecule has 0 amide bonds. The van der Waals surface area contributed by atoms with Crippen LogP contribution in [0.3, 0.4) is 0 Å². The van der Waals surface area contributed by atoms with Crippen molar-refractivity contribution in [2.75, 3.05) is 6.54 Å². The van der Waals surface area contributed by atoms with E-state index in [0.29, 0.717) is 0 Å². The molecule has 0 saturated heterocycles. The second-order valence-corrected chi connectivity index (χ2v) is 5.19. The van der Waals surface area contributed by atoms with Crippen molar-refractivity contribution >= 4 is 0 Å². The lowest BCUT2D eigenvalue weighted by Crippen LogP contribution is -2.43. The van der Waals surface area contributed by atoms with Gasteiger partial charge in [0.15, 0.2) is 0 Å². The molecule has 1 aliphatic rings. The first-order valence-electron chi connectivity index (χ1n) is 6.47. The van der Waals surface area contributed by atoms with Crippen LogP contribution in [-0.2, 0) is 0 Å². The van der Waals surface area contributed by atoms with Crippen LogP contribution in [-0.4, -0.2) is 12.6 Å². The molecule has 0 aliphatic heterocycles. The molecule has 0 aromatic heterocycles. The summed E-state index contributed by atoms with van der Waals surface area (Å²) in [5.41, 5.74) is 0. The van der Waals surface area contributed by atoms with Crippen LogP contribution in [0.4, 0.5) is 0 Å². The highest BCUT2D eigenvalue weighted by Gasteiger charge is 2.30. The molecule has 0 aromatic carbocycles. The maximum atomic E-state index is 3.66. The summed E-state index contributed by atoms with van der Waals surface area (Å²) >= 11 is 0. The Kier molecular flexibility index (Phi) is 5.54. The van der Waals surface area contributed by atoms with Gasteiger partial charge in [-0.05, 0) is 37.6 Å². The highest BCUT2D eigenvalue weighted by atomic mass is 14.9. The minimum Gasteiger partial charge on any atom is -0.314 e. The average Bonchev–Trinajstić information content (AvgIpc) is 2.06. The molecule has 0 unspecified atom stereocenters. The van der Waals surface area contributed by atoms with Gasteiger partial charge in [0.05, 0.1) is 0 Å². The van der Waals surface area contributed by atoms with Gasteiger partial charge in [-0.2, -0.15) is 0 Å². The highest BCUT2D eigenvalue weighted by molar-refractivity contribution is 4.86. The zero-order valence-corrected chi connectivity index (χ0v) is 10.2. The van der Waals surface area contributed by atoms with Crippen molar-refractivity contribution in [3.05, 3.63) is 0 Å². The van der Waals surface area contributed by atoms with E-state index in [-0.39, 0.29) is 0 Å². The molecule has 1 N–H and O–H groups in total. The predicted octanol–water partition coefficient (Wildman–Crippen LogP) is 3.59. The third-order valence-electron chi connectivity index (χ3n) is 3.58. The summed E-state index contributed by atoms with van der Waals surface area (Å²) in [5.74, 6) is 1.90. The summed E-state index contributed by atoms with van der Waals surface area (Å²) < 4.78 is 0. The fourth-order valence-electron chi connectivity index (χ4n) is 2.23. The summed E-state index contributed by atoms with van der Waals surface area (Å²) in [5, 5.41) is 3.66. The van der Waals surface area contributed by atoms with E-state index < -0.39 is 0 Å². The van der Waals surface area contributed by atoms with Crippen molar-refractivity contribution < 1.29 is 0 Å². The van der Waals surface area contributed by atoms with Crippen molar-refractivity contribution in [2.45, 2.75) is 65.3 Å². The standard InChI is InChI=1S/C13H27N/c1-4-5-6-7-8-14-13-9-12(10-13)11(2)3/h11-14H,4-10H2,1-3H3. The van der Waals surface area contributed by atoms with Crippen LogP contribution in [0.2, 0.25) is 0 Å². The zero-order chi connectivity index (χ0) is 10.4. The van der Waals surface area contributed by atoms with E-state index in [1.54, 1.807) is 0 Å². The number of hydrogen-bond donors (Lipinski definition) is 1. The molecule has 1 aliphatic carbocycles. The Morgan fingerprint density at radius 3 is 2.43 bits per heavy atom. The van der Waals surface area contributed by atoms with E-state index in [1.807, 2.05) is 0 Å². The first-order chi connectivity index (χ1) is 6.74. The number of hydrogen-bond acceptors (Lipinski definition) is 1. The van der Waals surface area contributed by atoms with E-state index >= 15 is 0 Å². The van der Waals surface area contributed by atoms with Gasteiger partial charge in [-0.1, -0.05) is 40.0 Å². The topological polar surface area (TPSA) is 12.0 Å². The van der Waals surface area contributed by atoms with Crippen molar-refractivity contribution in [3.63, 3.8) is 0 Å². The molecule has 0 atom stereocenters. The third kappa shape index (κ3) is 4.00. The second kappa shape index (κ2) is 6.44. The lowest BCUT2D eigenvalue weighted by Gasteiger charge is -2.38. The van der Waals surface area contributed by atoms with Gasteiger partial charge in [0.25, 0.3) is 0 Å². The number of rotatable bonds is 7. The molecule has 84 valence electrons. The van der Waals surface area contributed by atoms with E-state index in [1.165, 1.54) is 45.1 Å². The molecular formula is C13H27N. The van der Waals surface area contributed by atoms with Crippen LogP contribution in [0, 0.1) is 11.8 Å². The molecule has 1 fully saturated rings. The van der Waals surface area contributed by atoms with Gasteiger partial charge in [-0.25, -0.2) is 0 Å². The van der Waals surface area contributed by atoms with Gasteiger partial charge in [-0.15, -0.1) is 0 Å². The van der Waals surface area contributed by atoms with Crippen LogP contribution in [0.1, 0.15) is 59.3 Å². The largest absolute Gasteiger partial charge is 0.314 e. The Balaban J connectivity index is 1.86. The van der Waals surface area contributed by atoms with Crippen LogP contribution in [0.25, 0.3) is 0 Å². The fraction of sp³-hybridized carbons (Fsp3) is 1.00. The predicted molar refractivity (Wildman–Crippen MR) is 63.5 cm³/mol. The molecule has 1 heteroatoms. The van der Waals surface area contributed by atoms with E-state index in [4.69, 9.17) is 0 Å².